The van der Waals surface area contributed by atoms with E-state index in [0.29, 0.717) is 11.3 Å². The number of thioether (sulfide) groups is 1. The van der Waals surface area contributed by atoms with E-state index in [4.69, 9.17) is 4.74 Å². The van der Waals surface area contributed by atoms with Gasteiger partial charge in [-0.25, -0.2) is 4.79 Å². The predicted octanol–water partition coefficient (Wildman–Crippen LogP) is 4.60. The molecule has 9 heteroatoms. The van der Waals surface area contributed by atoms with Crippen LogP contribution in [-0.2, 0) is 14.3 Å². The summed E-state index contributed by atoms with van der Waals surface area (Å²) in [6.07, 6.45) is 0.854. The lowest BCUT2D eigenvalue weighted by molar-refractivity contribution is -0.123. The SMILES string of the molecule is CCOC(=O)c1ccc(N2C(=O)C3C4CC(C3C2=O)C2C4Sc3[nH]c(=O)sc3[C@@H]2c2ccccc2C)cc1. The molecule has 6 unspecified atom stereocenters. The van der Waals surface area contributed by atoms with Crippen LogP contribution in [0, 0.1) is 36.5 Å². The van der Waals surface area contributed by atoms with Gasteiger partial charge in [-0.15, -0.1) is 11.8 Å². The molecule has 3 fully saturated rings. The van der Waals surface area contributed by atoms with Crippen LogP contribution in [0.15, 0.2) is 58.4 Å². The third-order valence-electron chi connectivity index (χ3n) is 8.88. The number of H-pyrrole nitrogens is 1. The molecule has 2 aromatic carbocycles. The Kier molecular flexibility index (Phi) is 5.46. The molecule has 7 nitrogen and oxygen atoms in total. The normalized spacial score (nSPS) is 30.8. The lowest BCUT2D eigenvalue weighted by atomic mass is 9.67. The molecule has 3 heterocycles. The van der Waals surface area contributed by atoms with E-state index in [-0.39, 0.29) is 64.1 Å². The average Bonchev–Trinajstić information content (AvgIpc) is 3.64. The molecule has 2 amide bonds. The maximum atomic E-state index is 13.9. The molecule has 1 N–H and O–H groups in total. The van der Waals surface area contributed by atoms with Crippen molar-refractivity contribution in [1.29, 1.82) is 0 Å². The Balaban J connectivity index is 1.26. The topological polar surface area (TPSA) is 96.5 Å². The van der Waals surface area contributed by atoms with Crippen LogP contribution in [-0.4, -0.2) is 34.6 Å². The maximum absolute atomic E-state index is 13.9. The van der Waals surface area contributed by atoms with Gasteiger partial charge in [0.05, 0.1) is 34.7 Å². The van der Waals surface area contributed by atoms with Gasteiger partial charge in [0.25, 0.3) is 0 Å². The van der Waals surface area contributed by atoms with Gasteiger partial charge in [-0.3, -0.25) is 19.3 Å². The summed E-state index contributed by atoms with van der Waals surface area (Å²) in [6.45, 7) is 4.13. The Labute approximate surface area is 227 Å². The molecule has 7 atom stereocenters. The van der Waals surface area contributed by atoms with Gasteiger partial charge in [0, 0.05) is 16.0 Å². The lowest BCUT2D eigenvalue weighted by Gasteiger charge is -2.43. The van der Waals surface area contributed by atoms with E-state index in [0.717, 1.165) is 16.3 Å². The number of aryl methyl sites for hydroxylation is 1. The Morgan fingerprint density at radius 2 is 1.74 bits per heavy atom. The smallest absolute Gasteiger partial charge is 0.338 e. The third-order valence-corrected chi connectivity index (χ3v) is 11.5. The number of carbonyl (C=O) groups is 3. The van der Waals surface area contributed by atoms with Crippen LogP contribution >= 0.6 is 23.1 Å². The fraction of sp³-hybridized carbons (Fsp3) is 0.379. The zero-order valence-corrected chi connectivity index (χ0v) is 22.5. The largest absolute Gasteiger partial charge is 0.462 e. The minimum absolute atomic E-state index is 0.0261. The highest BCUT2D eigenvalue weighted by Gasteiger charge is 2.69. The molecular weight excluding hydrogens is 520 g/mol. The minimum atomic E-state index is -0.429. The van der Waals surface area contributed by atoms with E-state index in [1.807, 2.05) is 12.1 Å². The van der Waals surface area contributed by atoms with Crippen LogP contribution in [0.4, 0.5) is 5.69 Å². The minimum Gasteiger partial charge on any atom is -0.462 e. The van der Waals surface area contributed by atoms with Crippen LogP contribution < -0.4 is 9.77 Å². The number of nitrogens with one attached hydrogen (secondary N) is 1. The standard InChI is InChI=1S/C29H26N2O5S2/c1-3-36-28(34)14-8-10-15(11-9-14)31-26(32)21-17-12-18(22(21)27(31)33)23-20(17)19(16-7-5-4-6-13(16)2)24-25(37-23)30-29(35)38-24/h4-11,17-23H,3,12H2,1-2H3,(H,30,35)/t17?,18?,19-,20?,21?,22?,23?/m1/s1. The number of aromatic amines is 1. The number of carbonyl (C=O) groups excluding carboxylic acids is 3. The number of rotatable bonds is 4. The molecule has 2 aliphatic heterocycles. The lowest BCUT2D eigenvalue weighted by Crippen LogP contribution is -2.42. The van der Waals surface area contributed by atoms with Crippen LogP contribution in [0.2, 0.25) is 0 Å². The molecule has 194 valence electrons. The van der Waals surface area contributed by atoms with Crippen molar-refractivity contribution in [3.8, 4) is 0 Å². The molecular formula is C29H26N2O5S2. The fourth-order valence-corrected chi connectivity index (χ4v) is 10.4. The highest BCUT2D eigenvalue weighted by molar-refractivity contribution is 8.00. The number of esters is 1. The third kappa shape index (κ3) is 3.27. The number of nitrogens with zero attached hydrogens (tertiary/aromatic N) is 1. The Morgan fingerprint density at radius 1 is 1.03 bits per heavy atom. The Hall–Kier alpha value is -3.17. The van der Waals surface area contributed by atoms with Crippen LogP contribution in [0.1, 0.15) is 45.6 Å². The highest BCUT2D eigenvalue weighted by Crippen LogP contribution is 2.68. The van der Waals surface area contributed by atoms with Crippen molar-refractivity contribution in [2.75, 3.05) is 11.5 Å². The van der Waals surface area contributed by atoms with E-state index in [1.54, 1.807) is 43.0 Å². The summed E-state index contributed by atoms with van der Waals surface area (Å²) in [5.74, 6) is -1.09. The van der Waals surface area contributed by atoms with Gasteiger partial charge >= 0.3 is 10.8 Å². The number of fused-ring (bicyclic) bond motifs is 9. The molecule has 0 spiro atoms. The van der Waals surface area contributed by atoms with Gasteiger partial charge in [0.2, 0.25) is 11.8 Å². The van der Waals surface area contributed by atoms with Gasteiger partial charge in [-0.05, 0) is 73.4 Å². The van der Waals surface area contributed by atoms with Crippen molar-refractivity contribution in [2.45, 2.75) is 36.5 Å². The number of aromatic nitrogens is 1. The number of hydrogen-bond donors (Lipinski definition) is 1. The van der Waals surface area contributed by atoms with Crippen molar-refractivity contribution in [3.05, 3.63) is 79.8 Å². The summed E-state index contributed by atoms with van der Waals surface area (Å²) in [5, 5.41) is 1.08. The fourth-order valence-electron chi connectivity index (χ4n) is 7.52. The number of anilines is 1. The van der Waals surface area contributed by atoms with E-state index in [1.165, 1.54) is 27.4 Å². The summed E-state index contributed by atoms with van der Waals surface area (Å²) >= 11 is 2.97. The molecule has 1 saturated heterocycles. The first-order valence-electron chi connectivity index (χ1n) is 13.0. The zero-order valence-electron chi connectivity index (χ0n) is 20.9. The van der Waals surface area contributed by atoms with Crippen LogP contribution in [0.3, 0.4) is 0 Å². The number of benzene rings is 2. The quantitative estimate of drug-likeness (QED) is 0.380. The van der Waals surface area contributed by atoms with Gasteiger partial charge in [0.1, 0.15) is 0 Å². The second-order valence-electron chi connectivity index (χ2n) is 10.6. The van der Waals surface area contributed by atoms with Gasteiger partial charge in [-0.1, -0.05) is 35.6 Å². The van der Waals surface area contributed by atoms with Crippen molar-refractivity contribution in [1.82, 2.24) is 4.98 Å². The molecule has 2 saturated carbocycles. The maximum Gasteiger partial charge on any atom is 0.338 e. The Bertz CT molecular complexity index is 1540. The second kappa shape index (κ2) is 8.68. The second-order valence-corrected chi connectivity index (χ2v) is 12.8. The first-order valence-corrected chi connectivity index (χ1v) is 14.7. The molecule has 2 bridgehead atoms. The predicted molar refractivity (Wildman–Crippen MR) is 145 cm³/mol. The molecule has 7 rings (SSSR count). The van der Waals surface area contributed by atoms with E-state index in [9.17, 15) is 19.2 Å². The van der Waals surface area contributed by atoms with Crippen molar-refractivity contribution >= 4 is 46.6 Å². The zero-order chi connectivity index (χ0) is 26.3. The first kappa shape index (κ1) is 23.9. The molecule has 0 radical (unpaired) electrons. The van der Waals surface area contributed by atoms with Crippen LogP contribution in [0.25, 0.3) is 0 Å². The summed E-state index contributed by atoms with van der Waals surface area (Å²) in [7, 11) is 0. The van der Waals surface area contributed by atoms with Gasteiger partial charge in [0.15, 0.2) is 0 Å². The summed E-state index contributed by atoms with van der Waals surface area (Å²) in [4.78, 5) is 57.6. The molecule has 1 aromatic heterocycles. The molecule has 2 aliphatic carbocycles. The average molecular weight is 547 g/mol. The van der Waals surface area contributed by atoms with Gasteiger partial charge in [-0.2, -0.15) is 0 Å². The summed E-state index contributed by atoms with van der Waals surface area (Å²) in [5.41, 5.74) is 3.26. The molecule has 38 heavy (non-hydrogen) atoms. The molecule has 4 aliphatic rings. The van der Waals surface area contributed by atoms with E-state index >= 15 is 0 Å². The number of ether oxygens (including phenoxy) is 1. The van der Waals surface area contributed by atoms with Gasteiger partial charge < -0.3 is 9.72 Å². The number of thiazole rings is 1. The van der Waals surface area contributed by atoms with E-state index in [2.05, 4.69) is 24.0 Å². The summed E-state index contributed by atoms with van der Waals surface area (Å²) < 4.78 is 5.06. The van der Waals surface area contributed by atoms with Crippen LogP contribution in [0.5, 0.6) is 0 Å². The van der Waals surface area contributed by atoms with E-state index < -0.39 is 5.97 Å². The number of amides is 2. The number of imide groups is 1. The van der Waals surface area contributed by atoms with Crippen molar-refractivity contribution < 1.29 is 19.1 Å². The Morgan fingerprint density at radius 3 is 2.45 bits per heavy atom. The number of hydrogen-bond acceptors (Lipinski definition) is 7. The molecule has 3 aromatic rings. The van der Waals surface area contributed by atoms with Crippen molar-refractivity contribution in [3.63, 3.8) is 0 Å². The van der Waals surface area contributed by atoms with Crippen molar-refractivity contribution in [2.24, 2.45) is 29.6 Å². The first-order chi connectivity index (χ1) is 18.4. The highest BCUT2D eigenvalue weighted by atomic mass is 32.2. The summed E-state index contributed by atoms with van der Waals surface area (Å²) in [6, 6.07) is 14.8. The monoisotopic (exact) mass is 546 g/mol.